The Labute approximate surface area is 88.6 Å². The highest BCUT2D eigenvalue weighted by Crippen LogP contribution is 2.18. The average molecular weight is 212 g/mol. The standard InChI is InChI=1S/C10H16N2OS/c1-6(2)9(13)8-5-14-10(12-8)11-7(3)4/h5-7H,1-4H3,(H,11,12). The number of ketones is 1. The lowest BCUT2D eigenvalue weighted by atomic mass is 10.1. The Morgan fingerprint density at radius 3 is 2.57 bits per heavy atom. The Bertz CT molecular complexity index is 318. The van der Waals surface area contributed by atoms with Crippen LogP contribution in [0.25, 0.3) is 0 Å². The summed E-state index contributed by atoms with van der Waals surface area (Å²) in [7, 11) is 0. The van der Waals surface area contributed by atoms with Crippen molar-refractivity contribution < 1.29 is 4.79 Å². The minimum absolute atomic E-state index is 0.0176. The molecule has 1 aromatic rings. The van der Waals surface area contributed by atoms with Gasteiger partial charge in [0, 0.05) is 17.3 Å². The molecule has 1 heterocycles. The van der Waals surface area contributed by atoms with Gasteiger partial charge in [-0.25, -0.2) is 4.98 Å². The summed E-state index contributed by atoms with van der Waals surface area (Å²) < 4.78 is 0. The molecule has 0 bridgehead atoms. The van der Waals surface area contributed by atoms with Gasteiger partial charge in [-0.15, -0.1) is 11.3 Å². The highest BCUT2D eigenvalue weighted by molar-refractivity contribution is 7.13. The minimum Gasteiger partial charge on any atom is -0.359 e. The second-order valence-corrected chi connectivity index (χ2v) is 4.71. The van der Waals surface area contributed by atoms with Gasteiger partial charge in [0.1, 0.15) is 5.69 Å². The van der Waals surface area contributed by atoms with Gasteiger partial charge in [-0.3, -0.25) is 4.79 Å². The van der Waals surface area contributed by atoms with Gasteiger partial charge in [0.05, 0.1) is 0 Å². The average Bonchev–Trinajstić information content (AvgIpc) is 2.50. The molecule has 1 rings (SSSR count). The summed E-state index contributed by atoms with van der Waals surface area (Å²) in [5, 5.41) is 5.81. The predicted molar refractivity (Wildman–Crippen MR) is 60.0 cm³/mol. The molecule has 1 N–H and O–H groups in total. The first-order valence-corrected chi connectivity index (χ1v) is 5.65. The zero-order chi connectivity index (χ0) is 10.7. The molecule has 0 aliphatic rings. The Balaban J connectivity index is 2.73. The van der Waals surface area contributed by atoms with Crippen molar-refractivity contribution in [1.82, 2.24) is 4.98 Å². The maximum absolute atomic E-state index is 11.6. The van der Waals surface area contributed by atoms with Crippen molar-refractivity contribution in [1.29, 1.82) is 0 Å². The Morgan fingerprint density at radius 1 is 1.43 bits per heavy atom. The van der Waals surface area contributed by atoms with E-state index in [1.807, 2.05) is 33.1 Å². The van der Waals surface area contributed by atoms with Crippen molar-refractivity contribution in [2.45, 2.75) is 33.7 Å². The summed E-state index contributed by atoms with van der Waals surface area (Å²) in [6.45, 7) is 7.87. The van der Waals surface area contributed by atoms with Crippen LogP contribution in [0, 0.1) is 5.92 Å². The summed E-state index contributed by atoms with van der Waals surface area (Å²) in [6, 6.07) is 0.350. The molecule has 14 heavy (non-hydrogen) atoms. The van der Waals surface area contributed by atoms with Crippen molar-refractivity contribution in [3.05, 3.63) is 11.1 Å². The molecule has 0 atom stereocenters. The molecule has 0 radical (unpaired) electrons. The van der Waals surface area contributed by atoms with E-state index in [0.29, 0.717) is 11.7 Å². The fourth-order valence-electron chi connectivity index (χ4n) is 0.996. The lowest BCUT2D eigenvalue weighted by Gasteiger charge is -2.04. The third-order valence-electron chi connectivity index (χ3n) is 1.69. The summed E-state index contributed by atoms with van der Waals surface area (Å²) in [5.41, 5.74) is 0.577. The van der Waals surface area contributed by atoms with E-state index >= 15 is 0 Å². The molecule has 78 valence electrons. The SMILES string of the molecule is CC(C)Nc1nc(C(=O)C(C)C)cs1. The van der Waals surface area contributed by atoms with Crippen LogP contribution in [0.2, 0.25) is 0 Å². The largest absolute Gasteiger partial charge is 0.359 e. The molecule has 1 aromatic heterocycles. The Hall–Kier alpha value is -0.900. The smallest absolute Gasteiger partial charge is 0.184 e. The van der Waals surface area contributed by atoms with Crippen molar-refractivity contribution in [3.63, 3.8) is 0 Å². The molecule has 0 spiro atoms. The van der Waals surface area contributed by atoms with Crippen LogP contribution >= 0.6 is 11.3 Å². The molecular weight excluding hydrogens is 196 g/mol. The normalized spacial score (nSPS) is 11.0. The van der Waals surface area contributed by atoms with E-state index in [4.69, 9.17) is 0 Å². The molecule has 0 fully saturated rings. The minimum atomic E-state index is 0.0176. The molecule has 0 unspecified atom stereocenters. The highest BCUT2D eigenvalue weighted by Gasteiger charge is 2.14. The van der Waals surface area contributed by atoms with Gasteiger partial charge < -0.3 is 5.32 Å². The fourth-order valence-corrected chi connectivity index (χ4v) is 1.84. The van der Waals surface area contributed by atoms with Crippen LogP contribution in [0.3, 0.4) is 0 Å². The molecule has 0 aliphatic carbocycles. The fraction of sp³-hybridized carbons (Fsp3) is 0.600. The van der Waals surface area contributed by atoms with E-state index in [1.165, 1.54) is 11.3 Å². The number of carbonyl (C=O) groups excluding carboxylic acids is 1. The quantitative estimate of drug-likeness (QED) is 0.780. The number of aromatic nitrogens is 1. The molecule has 0 saturated carbocycles. The van der Waals surface area contributed by atoms with Crippen LogP contribution in [0.5, 0.6) is 0 Å². The van der Waals surface area contributed by atoms with Crippen molar-refractivity contribution in [2.75, 3.05) is 5.32 Å². The van der Waals surface area contributed by atoms with Crippen molar-refractivity contribution in [3.8, 4) is 0 Å². The van der Waals surface area contributed by atoms with E-state index in [1.54, 1.807) is 0 Å². The zero-order valence-electron chi connectivity index (χ0n) is 9.00. The molecule has 0 amide bonds. The maximum atomic E-state index is 11.6. The topological polar surface area (TPSA) is 42.0 Å². The van der Waals surface area contributed by atoms with Crippen LogP contribution in [0.15, 0.2) is 5.38 Å². The van der Waals surface area contributed by atoms with Gasteiger partial charge in [0.15, 0.2) is 10.9 Å². The number of nitrogens with one attached hydrogen (secondary N) is 1. The zero-order valence-corrected chi connectivity index (χ0v) is 9.81. The number of hydrogen-bond acceptors (Lipinski definition) is 4. The Kier molecular flexibility index (Phi) is 3.63. The number of rotatable bonds is 4. The van der Waals surface area contributed by atoms with Gasteiger partial charge in [-0.05, 0) is 13.8 Å². The van der Waals surface area contributed by atoms with Crippen LogP contribution in [0.4, 0.5) is 5.13 Å². The van der Waals surface area contributed by atoms with Crippen LogP contribution < -0.4 is 5.32 Å². The molecule has 3 nitrogen and oxygen atoms in total. The first-order valence-electron chi connectivity index (χ1n) is 4.77. The molecule has 0 aliphatic heterocycles. The second-order valence-electron chi connectivity index (χ2n) is 3.86. The molecule has 0 saturated heterocycles. The number of anilines is 1. The van der Waals surface area contributed by atoms with E-state index in [9.17, 15) is 4.79 Å². The van der Waals surface area contributed by atoms with Gasteiger partial charge >= 0.3 is 0 Å². The third-order valence-corrected chi connectivity index (χ3v) is 2.47. The van der Waals surface area contributed by atoms with E-state index < -0.39 is 0 Å². The van der Waals surface area contributed by atoms with E-state index in [-0.39, 0.29) is 11.7 Å². The predicted octanol–water partition coefficient (Wildman–Crippen LogP) is 2.80. The van der Waals surface area contributed by atoms with Gasteiger partial charge in [0.25, 0.3) is 0 Å². The maximum Gasteiger partial charge on any atom is 0.184 e. The van der Waals surface area contributed by atoms with Crippen molar-refractivity contribution >= 4 is 22.3 Å². The van der Waals surface area contributed by atoms with Gasteiger partial charge in [-0.1, -0.05) is 13.8 Å². The van der Waals surface area contributed by atoms with Gasteiger partial charge in [-0.2, -0.15) is 0 Å². The number of nitrogens with zero attached hydrogens (tertiary/aromatic N) is 1. The summed E-state index contributed by atoms with van der Waals surface area (Å²) >= 11 is 1.48. The van der Waals surface area contributed by atoms with Crippen molar-refractivity contribution in [2.24, 2.45) is 5.92 Å². The lowest BCUT2D eigenvalue weighted by Crippen LogP contribution is -2.11. The summed E-state index contributed by atoms with van der Waals surface area (Å²) in [4.78, 5) is 15.8. The van der Waals surface area contributed by atoms with E-state index in [2.05, 4.69) is 10.3 Å². The summed E-state index contributed by atoms with van der Waals surface area (Å²) in [5.74, 6) is 0.127. The Morgan fingerprint density at radius 2 is 2.07 bits per heavy atom. The summed E-state index contributed by atoms with van der Waals surface area (Å²) in [6.07, 6.45) is 0. The number of hydrogen-bond donors (Lipinski definition) is 1. The number of thiazole rings is 1. The molecule has 4 heteroatoms. The first-order chi connectivity index (χ1) is 6.50. The number of Topliss-reactive ketones (excluding diaryl/α,β-unsaturated/α-hetero) is 1. The van der Waals surface area contributed by atoms with Crippen LogP contribution in [-0.2, 0) is 0 Å². The van der Waals surface area contributed by atoms with Crippen LogP contribution in [0.1, 0.15) is 38.2 Å². The van der Waals surface area contributed by atoms with Crippen LogP contribution in [-0.4, -0.2) is 16.8 Å². The molecular formula is C10H16N2OS. The first kappa shape index (κ1) is 11.2. The second kappa shape index (κ2) is 4.55. The van der Waals surface area contributed by atoms with Gasteiger partial charge in [0.2, 0.25) is 0 Å². The van der Waals surface area contributed by atoms with E-state index in [0.717, 1.165) is 5.13 Å². The molecule has 0 aromatic carbocycles. The lowest BCUT2D eigenvalue weighted by molar-refractivity contribution is 0.0935. The highest BCUT2D eigenvalue weighted by atomic mass is 32.1. The monoisotopic (exact) mass is 212 g/mol. The number of carbonyl (C=O) groups is 1. The third kappa shape index (κ3) is 2.80.